The molecule has 6 heteroatoms. The molecule has 4 rings (SSSR count). The van der Waals surface area contributed by atoms with E-state index >= 15 is 0 Å². The highest BCUT2D eigenvalue weighted by Gasteiger charge is 2.32. The van der Waals surface area contributed by atoms with Crippen molar-refractivity contribution in [3.8, 4) is 6.07 Å². The molecule has 2 aliphatic rings. The lowest BCUT2D eigenvalue weighted by Gasteiger charge is -2.37. The van der Waals surface area contributed by atoms with Crippen LogP contribution in [0.25, 0.3) is 0 Å². The molecule has 1 unspecified atom stereocenters. The fraction of sp³-hybridized carbons (Fsp3) is 0.476. The van der Waals surface area contributed by atoms with Gasteiger partial charge in [0.15, 0.2) is 0 Å². The Balaban J connectivity index is 1.52. The van der Waals surface area contributed by atoms with Crippen molar-refractivity contribution in [3.63, 3.8) is 0 Å². The standard InChI is InChI=1S/C21H24N4OS/c1-14-10-15(2)23-20(18(14)11-22)24-7-3-4-17(13-24)21(26)25-8-5-19-16(12-25)6-9-27-19/h6,9-10,17H,3-5,7-8,12-13H2,1-2H3. The Morgan fingerprint density at radius 3 is 3.04 bits per heavy atom. The monoisotopic (exact) mass is 380 g/mol. The molecule has 4 heterocycles. The molecule has 1 fully saturated rings. The van der Waals surface area contributed by atoms with Crippen LogP contribution in [0.1, 0.15) is 40.1 Å². The number of anilines is 1. The molecule has 0 spiro atoms. The minimum atomic E-state index is -0.0203. The van der Waals surface area contributed by atoms with Crippen molar-refractivity contribution in [1.82, 2.24) is 9.88 Å². The quantitative estimate of drug-likeness (QED) is 0.801. The molecule has 1 atom stereocenters. The van der Waals surface area contributed by atoms with Crippen LogP contribution in [0.3, 0.4) is 0 Å². The van der Waals surface area contributed by atoms with Gasteiger partial charge in [0.25, 0.3) is 0 Å². The zero-order valence-electron chi connectivity index (χ0n) is 15.9. The molecular formula is C21H24N4OS. The third-order valence-electron chi connectivity index (χ3n) is 5.63. The van der Waals surface area contributed by atoms with Gasteiger partial charge >= 0.3 is 0 Å². The van der Waals surface area contributed by atoms with Gasteiger partial charge in [-0.3, -0.25) is 4.79 Å². The van der Waals surface area contributed by atoms with Crippen molar-refractivity contribution in [2.24, 2.45) is 5.92 Å². The van der Waals surface area contributed by atoms with Gasteiger partial charge in [0.2, 0.25) is 5.91 Å². The molecule has 0 bridgehead atoms. The van der Waals surface area contributed by atoms with Crippen molar-refractivity contribution in [1.29, 1.82) is 5.26 Å². The molecule has 27 heavy (non-hydrogen) atoms. The summed E-state index contributed by atoms with van der Waals surface area (Å²) in [6.45, 7) is 6.96. The van der Waals surface area contributed by atoms with Gasteiger partial charge in [-0.25, -0.2) is 4.98 Å². The van der Waals surface area contributed by atoms with Crippen LogP contribution in [-0.2, 0) is 17.8 Å². The molecular weight excluding hydrogens is 356 g/mol. The lowest BCUT2D eigenvalue weighted by atomic mass is 9.94. The number of pyridine rings is 1. The van der Waals surface area contributed by atoms with E-state index in [4.69, 9.17) is 0 Å². The molecule has 0 aromatic carbocycles. The first-order valence-corrected chi connectivity index (χ1v) is 10.4. The molecule has 140 valence electrons. The van der Waals surface area contributed by atoms with E-state index in [0.29, 0.717) is 12.1 Å². The topological polar surface area (TPSA) is 60.2 Å². The summed E-state index contributed by atoms with van der Waals surface area (Å²) in [4.78, 5) is 23.4. The number of amides is 1. The first kappa shape index (κ1) is 18.0. The summed E-state index contributed by atoms with van der Waals surface area (Å²) in [6.07, 6.45) is 2.83. The van der Waals surface area contributed by atoms with E-state index < -0.39 is 0 Å². The highest BCUT2D eigenvalue weighted by molar-refractivity contribution is 7.10. The van der Waals surface area contributed by atoms with Crippen LogP contribution in [0.4, 0.5) is 5.82 Å². The van der Waals surface area contributed by atoms with E-state index in [-0.39, 0.29) is 11.8 Å². The molecule has 5 nitrogen and oxygen atoms in total. The van der Waals surface area contributed by atoms with Crippen molar-refractivity contribution in [3.05, 3.63) is 44.8 Å². The SMILES string of the molecule is Cc1cc(C)c(C#N)c(N2CCCC(C(=O)N3CCc4sccc4C3)C2)n1. The lowest BCUT2D eigenvalue weighted by Crippen LogP contribution is -2.46. The number of aromatic nitrogens is 1. The number of carbonyl (C=O) groups is 1. The number of aryl methyl sites for hydroxylation is 2. The Hall–Kier alpha value is -2.39. The van der Waals surface area contributed by atoms with Gasteiger partial charge in [0, 0.05) is 36.8 Å². The van der Waals surface area contributed by atoms with Crippen LogP contribution in [0.15, 0.2) is 17.5 Å². The van der Waals surface area contributed by atoms with Crippen LogP contribution in [-0.4, -0.2) is 35.4 Å². The van der Waals surface area contributed by atoms with E-state index in [1.54, 1.807) is 11.3 Å². The summed E-state index contributed by atoms with van der Waals surface area (Å²) >= 11 is 1.79. The van der Waals surface area contributed by atoms with E-state index in [1.807, 2.05) is 24.8 Å². The predicted molar refractivity (Wildman–Crippen MR) is 107 cm³/mol. The Bertz CT molecular complexity index is 913. The molecule has 0 radical (unpaired) electrons. The normalized spacial score (nSPS) is 19.5. The van der Waals surface area contributed by atoms with E-state index in [1.165, 1.54) is 10.4 Å². The summed E-state index contributed by atoms with van der Waals surface area (Å²) in [5.41, 5.74) is 3.80. The number of fused-ring (bicyclic) bond motifs is 1. The van der Waals surface area contributed by atoms with Gasteiger partial charge in [-0.15, -0.1) is 11.3 Å². The highest BCUT2D eigenvalue weighted by atomic mass is 32.1. The number of piperidine rings is 1. The van der Waals surface area contributed by atoms with E-state index in [9.17, 15) is 10.1 Å². The molecule has 0 saturated carbocycles. The number of hydrogen-bond donors (Lipinski definition) is 0. The Morgan fingerprint density at radius 1 is 1.37 bits per heavy atom. The van der Waals surface area contributed by atoms with Crippen molar-refractivity contribution < 1.29 is 4.79 Å². The number of nitrogens with zero attached hydrogens (tertiary/aromatic N) is 4. The van der Waals surface area contributed by atoms with Gasteiger partial charge in [-0.1, -0.05) is 0 Å². The maximum Gasteiger partial charge on any atom is 0.227 e. The number of thiophene rings is 1. The van der Waals surface area contributed by atoms with E-state index in [2.05, 4.69) is 27.4 Å². The van der Waals surface area contributed by atoms with Crippen LogP contribution >= 0.6 is 11.3 Å². The van der Waals surface area contributed by atoms with Crippen molar-refractivity contribution >= 4 is 23.1 Å². The smallest absolute Gasteiger partial charge is 0.227 e. The maximum absolute atomic E-state index is 13.2. The van der Waals surface area contributed by atoms with Gasteiger partial charge in [-0.05, 0) is 61.7 Å². The van der Waals surface area contributed by atoms with Gasteiger partial charge in [-0.2, -0.15) is 5.26 Å². The Labute approximate surface area is 164 Å². The molecule has 2 aliphatic heterocycles. The maximum atomic E-state index is 13.2. The number of rotatable bonds is 2. The molecule has 0 aliphatic carbocycles. The zero-order valence-corrected chi connectivity index (χ0v) is 16.7. The lowest BCUT2D eigenvalue weighted by molar-refractivity contribution is -0.136. The summed E-state index contributed by atoms with van der Waals surface area (Å²) in [7, 11) is 0. The molecule has 0 N–H and O–H groups in total. The summed E-state index contributed by atoms with van der Waals surface area (Å²) in [5.74, 6) is 0.971. The first-order chi connectivity index (χ1) is 13.1. The van der Waals surface area contributed by atoms with Gasteiger partial charge in [0.05, 0.1) is 11.5 Å². The average molecular weight is 381 g/mol. The average Bonchev–Trinajstić information content (AvgIpc) is 3.14. The van der Waals surface area contributed by atoms with E-state index in [0.717, 1.165) is 56.0 Å². The summed E-state index contributed by atoms with van der Waals surface area (Å²) in [6, 6.07) is 6.39. The molecule has 1 saturated heterocycles. The zero-order chi connectivity index (χ0) is 19.0. The third kappa shape index (κ3) is 3.44. The third-order valence-corrected chi connectivity index (χ3v) is 6.65. The highest BCUT2D eigenvalue weighted by Crippen LogP contribution is 2.30. The second-order valence-corrected chi connectivity index (χ2v) is 8.56. The number of carbonyl (C=O) groups excluding carboxylic acids is 1. The van der Waals surface area contributed by atoms with Gasteiger partial charge < -0.3 is 9.80 Å². The number of nitriles is 1. The van der Waals surface area contributed by atoms with Gasteiger partial charge in [0.1, 0.15) is 11.9 Å². The molecule has 2 aromatic heterocycles. The van der Waals surface area contributed by atoms with Crippen molar-refractivity contribution in [2.75, 3.05) is 24.5 Å². The minimum absolute atomic E-state index is 0.0203. The fourth-order valence-corrected chi connectivity index (χ4v) is 5.14. The van der Waals surface area contributed by atoms with Crippen LogP contribution < -0.4 is 4.90 Å². The molecule has 1 amide bonds. The second kappa shape index (κ2) is 7.32. The summed E-state index contributed by atoms with van der Waals surface area (Å²) in [5, 5.41) is 11.7. The largest absolute Gasteiger partial charge is 0.355 e. The first-order valence-electron chi connectivity index (χ1n) is 9.54. The van der Waals surface area contributed by atoms with Crippen molar-refractivity contribution in [2.45, 2.75) is 39.7 Å². The second-order valence-electron chi connectivity index (χ2n) is 7.55. The van der Waals surface area contributed by atoms with Crippen LogP contribution in [0.5, 0.6) is 0 Å². The minimum Gasteiger partial charge on any atom is -0.355 e. The van der Waals surface area contributed by atoms with Crippen LogP contribution in [0, 0.1) is 31.1 Å². The molecule has 2 aromatic rings. The predicted octanol–water partition coefficient (Wildman–Crippen LogP) is 3.43. The Morgan fingerprint density at radius 2 is 2.22 bits per heavy atom. The number of hydrogen-bond acceptors (Lipinski definition) is 5. The van der Waals surface area contributed by atoms with Crippen LogP contribution in [0.2, 0.25) is 0 Å². The Kier molecular flexibility index (Phi) is 4.88. The summed E-state index contributed by atoms with van der Waals surface area (Å²) < 4.78 is 0. The fourth-order valence-electron chi connectivity index (χ4n) is 4.25.